The number of carbonyl (C=O) groups is 2. The van der Waals surface area contributed by atoms with E-state index >= 15 is 0 Å². The summed E-state index contributed by atoms with van der Waals surface area (Å²) >= 11 is 0. The molecule has 5 nitrogen and oxygen atoms in total. The van der Waals surface area contributed by atoms with Gasteiger partial charge in [0.05, 0.1) is 6.61 Å². The molecule has 0 radical (unpaired) electrons. The van der Waals surface area contributed by atoms with Crippen molar-refractivity contribution in [2.75, 3.05) is 13.2 Å². The Kier molecular flexibility index (Phi) is 3.11. The van der Waals surface area contributed by atoms with Crippen LogP contribution in [0.1, 0.15) is 13.8 Å². The quantitative estimate of drug-likeness (QED) is 0.597. The molecular weight excluding hydrogens is 176 g/mol. The lowest BCUT2D eigenvalue weighted by atomic mass is 10.1. The van der Waals surface area contributed by atoms with Crippen molar-refractivity contribution in [2.24, 2.45) is 5.92 Å². The van der Waals surface area contributed by atoms with E-state index < -0.39 is 18.2 Å². The maximum atomic E-state index is 11.2. The van der Waals surface area contributed by atoms with E-state index in [4.69, 9.17) is 4.74 Å². The number of hydrogen-bond donors (Lipinski definition) is 0. The zero-order valence-corrected chi connectivity index (χ0v) is 7.61. The normalized spacial score (nSPS) is 27.4. The topological polar surface area (TPSA) is 61.8 Å². The van der Waals surface area contributed by atoms with E-state index in [2.05, 4.69) is 9.47 Å². The van der Waals surface area contributed by atoms with Gasteiger partial charge in [-0.2, -0.15) is 0 Å². The summed E-state index contributed by atoms with van der Waals surface area (Å²) in [4.78, 5) is 21.9. The summed E-state index contributed by atoms with van der Waals surface area (Å²) in [6.45, 7) is 3.93. The second-order valence-electron chi connectivity index (χ2n) is 2.83. The minimum atomic E-state index is -0.818. The summed E-state index contributed by atoms with van der Waals surface area (Å²) in [6.07, 6.45) is -1.63. The number of cyclic esters (lactones) is 2. The summed E-state index contributed by atoms with van der Waals surface area (Å²) in [5, 5.41) is 0. The lowest BCUT2D eigenvalue weighted by Gasteiger charge is -2.26. The second-order valence-corrected chi connectivity index (χ2v) is 2.83. The molecule has 2 unspecified atom stereocenters. The molecule has 13 heavy (non-hydrogen) atoms. The summed E-state index contributed by atoms with van der Waals surface area (Å²) in [7, 11) is 0. The molecule has 0 aliphatic carbocycles. The van der Waals surface area contributed by atoms with Crippen LogP contribution in [0.5, 0.6) is 0 Å². The predicted octanol–water partition coefficient (Wildman–Crippen LogP) is 0.721. The molecular formula is C8H12O5. The van der Waals surface area contributed by atoms with Gasteiger partial charge in [0.1, 0.15) is 6.61 Å². The molecule has 0 N–H and O–H groups in total. The van der Waals surface area contributed by atoms with Gasteiger partial charge in [0.15, 0.2) is 0 Å². The standard InChI is InChI=1S/C8H12O5/c1-3-11-7(9)6-5(2)4-12-8(10)13-6/h5-6H,3-4H2,1-2H3. The molecule has 1 aliphatic rings. The molecule has 2 atom stereocenters. The highest BCUT2D eigenvalue weighted by Crippen LogP contribution is 2.16. The van der Waals surface area contributed by atoms with E-state index in [1.807, 2.05) is 0 Å². The van der Waals surface area contributed by atoms with Crippen LogP contribution in [0.4, 0.5) is 4.79 Å². The highest BCUT2D eigenvalue weighted by atomic mass is 16.7. The molecule has 1 aliphatic heterocycles. The van der Waals surface area contributed by atoms with Gasteiger partial charge in [-0.15, -0.1) is 0 Å². The predicted molar refractivity (Wildman–Crippen MR) is 42.0 cm³/mol. The van der Waals surface area contributed by atoms with Crippen LogP contribution in [0.3, 0.4) is 0 Å². The Morgan fingerprint density at radius 3 is 3.00 bits per heavy atom. The van der Waals surface area contributed by atoms with E-state index in [9.17, 15) is 9.59 Å². The van der Waals surface area contributed by atoms with Crippen LogP contribution in [0.2, 0.25) is 0 Å². The first kappa shape index (κ1) is 9.83. The summed E-state index contributed by atoms with van der Waals surface area (Å²) in [5.74, 6) is -0.664. The number of ether oxygens (including phenoxy) is 3. The van der Waals surface area contributed by atoms with Crippen LogP contribution < -0.4 is 0 Å². The highest BCUT2D eigenvalue weighted by Gasteiger charge is 2.35. The van der Waals surface area contributed by atoms with E-state index in [1.165, 1.54) is 0 Å². The molecule has 0 amide bonds. The SMILES string of the molecule is CCOC(=O)C1OC(=O)OCC1C. The Morgan fingerprint density at radius 1 is 1.69 bits per heavy atom. The molecule has 0 spiro atoms. The third-order valence-corrected chi connectivity index (χ3v) is 1.72. The van der Waals surface area contributed by atoms with Crippen molar-refractivity contribution < 1.29 is 23.8 Å². The molecule has 5 heteroatoms. The van der Waals surface area contributed by atoms with E-state index in [-0.39, 0.29) is 19.1 Å². The summed E-state index contributed by atoms with van der Waals surface area (Å²) < 4.78 is 14.0. The van der Waals surface area contributed by atoms with Gasteiger partial charge in [0.2, 0.25) is 6.10 Å². The zero-order valence-electron chi connectivity index (χ0n) is 7.61. The van der Waals surface area contributed by atoms with Crippen LogP contribution in [0.15, 0.2) is 0 Å². The lowest BCUT2D eigenvalue weighted by molar-refractivity contribution is -0.163. The van der Waals surface area contributed by atoms with Gasteiger partial charge in [0, 0.05) is 5.92 Å². The fourth-order valence-electron chi connectivity index (χ4n) is 1.05. The van der Waals surface area contributed by atoms with Crippen molar-refractivity contribution >= 4 is 12.1 Å². The van der Waals surface area contributed by atoms with Crippen molar-refractivity contribution in [3.05, 3.63) is 0 Å². The largest absolute Gasteiger partial charge is 0.509 e. The first-order chi connectivity index (χ1) is 6.15. The van der Waals surface area contributed by atoms with Crippen LogP contribution in [0.25, 0.3) is 0 Å². The minimum absolute atomic E-state index is 0.156. The number of hydrogen-bond acceptors (Lipinski definition) is 5. The molecule has 1 fully saturated rings. The molecule has 0 aromatic rings. The Morgan fingerprint density at radius 2 is 2.38 bits per heavy atom. The summed E-state index contributed by atoms with van der Waals surface area (Å²) in [5.41, 5.74) is 0. The van der Waals surface area contributed by atoms with Gasteiger partial charge >= 0.3 is 12.1 Å². The Hall–Kier alpha value is -1.26. The van der Waals surface area contributed by atoms with E-state index in [0.717, 1.165) is 0 Å². The third kappa shape index (κ3) is 2.34. The average molecular weight is 188 g/mol. The molecule has 1 heterocycles. The van der Waals surface area contributed by atoms with Gasteiger partial charge in [-0.3, -0.25) is 0 Å². The summed E-state index contributed by atoms with van der Waals surface area (Å²) in [6, 6.07) is 0. The fraction of sp³-hybridized carbons (Fsp3) is 0.750. The molecule has 0 aromatic carbocycles. The van der Waals surface area contributed by atoms with Gasteiger partial charge < -0.3 is 14.2 Å². The van der Waals surface area contributed by atoms with Crippen LogP contribution in [0, 0.1) is 5.92 Å². The van der Waals surface area contributed by atoms with Crippen molar-refractivity contribution in [3.63, 3.8) is 0 Å². The van der Waals surface area contributed by atoms with Gasteiger partial charge in [-0.1, -0.05) is 6.92 Å². The number of carbonyl (C=O) groups excluding carboxylic acids is 2. The van der Waals surface area contributed by atoms with Crippen LogP contribution in [-0.4, -0.2) is 31.4 Å². The lowest BCUT2D eigenvalue weighted by Crippen LogP contribution is -2.41. The van der Waals surface area contributed by atoms with Gasteiger partial charge in [-0.05, 0) is 6.92 Å². The maximum absolute atomic E-state index is 11.2. The molecule has 0 saturated carbocycles. The minimum Gasteiger partial charge on any atom is -0.463 e. The van der Waals surface area contributed by atoms with Crippen molar-refractivity contribution in [2.45, 2.75) is 20.0 Å². The number of esters is 1. The number of rotatable bonds is 2. The Balaban J connectivity index is 2.54. The third-order valence-electron chi connectivity index (χ3n) is 1.72. The monoisotopic (exact) mass is 188 g/mol. The van der Waals surface area contributed by atoms with E-state index in [0.29, 0.717) is 0 Å². The molecule has 1 rings (SSSR count). The average Bonchev–Trinajstić information content (AvgIpc) is 2.09. The van der Waals surface area contributed by atoms with Gasteiger partial charge in [0.25, 0.3) is 0 Å². The Labute approximate surface area is 76.0 Å². The first-order valence-corrected chi connectivity index (χ1v) is 4.15. The maximum Gasteiger partial charge on any atom is 0.509 e. The fourth-order valence-corrected chi connectivity index (χ4v) is 1.05. The van der Waals surface area contributed by atoms with Crippen molar-refractivity contribution in [1.29, 1.82) is 0 Å². The second kappa shape index (κ2) is 4.11. The zero-order chi connectivity index (χ0) is 9.84. The van der Waals surface area contributed by atoms with Crippen molar-refractivity contribution in [3.8, 4) is 0 Å². The van der Waals surface area contributed by atoms with E-state index in [1.54, 1.807) is 13.8 Å². The van der Waals surface area contributed by atoms with Crippen LogP contribution >= 0.6 is 0 Å². The first-order valence-electron chi connectivity index (χ1n) is 4.15. The van der Waals surface area contributed by atoms with Crippen molar-refractivity contribution in [1.82, 2.24) is 0 Å². The molecule has 74 valence electrons. The van der Waals surface area contributed by atoms with Gasteiger partial charge in [-0.25, -0.2) is 9.59 Å². The molecule has 0 aromatic heterocycles. The van der Waals surface area contributed by atoms with Crippen LogP contribution in [-0.2, 0) is 19.0 Å². The Bertz CT molecular complexity index is 213. The smallest absolute Gasteiger partial charge is 0.463 e. The molecule has 1 saturated heterocycles. The molecule has 0 bridgehead atoms. The highest BCUT2D eigenvalue weighted by molar-refractivity contribution is 5.78.